The first-order valence-electron chi connectivity index (χ1n) is 11.0. The van der Waals surface area contributed by atoms with Crippen LogP contribution in [0, 0.1) is 12.7 Å². The van der Waals surface area contributed by atoms with Gasteiger partial charge in [0.2, 0.25) is 0 Å². The topological polar surface area (TPSA) is 38.8 Å². The molecular formula is C27H28FNO3. The van der Waals surface area contributed by atoms with Gasteiger partial charge in [-0.25, -0.2) is 4.39 Å². The molecule has 0 bridgehead atoms. The normalized spacial score (nSPS) is 15.6. The van der Waals surface area contributed by atoms with Crippen molar-refractivity contribution in [3.8, 4) is 16.9 Å². The zero-order valence-electron chi connectivity index (χ0n) is 18.5. The van der Waals surface area contributed by atoms with Gasteiger partial charge >= 0.3 is 5.97 Å². The van der Waals surface area contributed by atoms with E-state index in [0.29, 0.717) is 18.6 Å². The van der Waals surface area contributed by atoms with Crippen LogP contribution < -0.4 is 9.64 Å². The summed E-state index contributed by atoms with van der Waals surface area (Å²) in [5.41, 5.74) is 4.64. The molecule has 32 heavy (non-hydrogen) atoms. The molecule has 5 heteroatoms. The summed E-state index contributed by atoms with van der Waals surface area (Å²) in [7, 11) is 1.43. The van der Waals surface area contributed by atoms with Crippen LogP contribution in [0.4, 0.5) is 10.1 Å². The molecule has 0 N–H and O–H groups in total. The Morgan fingerprint density at radius 2 is 1.84 bits per heavy atom. The minimum absolute atomic E-state index is 0.168. The number of hydrogen-bond acceptors (Lipinski definition) is 4. The summed E-state index contributed by atoms with van der Waals surface area (Å²) in [5.74, 6) is 0.401. The number of carbonyl (C=O) groups excluding carboxylic acids is 1. The quantitative estimate of drug-likeness (QED) is 0.434. The molecule has 1 atom stereocenters. The average molecular weight is 434 g/mol. The minimum Gasteiger partial charge on any atom is -0.489 e. The van der Waals surface area contributed by atoms with E-state index in [9.17, 15) is 9.18 Å². The van der Waals surface area contributed by atoms with Gasteiger partial charge in [0.1, 0.15) is 18.2 Å². The van der Waals surface area contributed by atoms with Crippen molar-refractivity contribution in [2.45, 2.75) is 38.8 Å². The van der Waals surface area contributed by atoms with Crippen molar-refractivity contribution in [1.82, 2.24) is 0 Å². The molecule has 166 valence electrons. The highest BCUT2D eigenvalue weighted by atomic mass is 19.1. The Bertz CT molecular complexity index is 1080. The highest BCUT2D eigenvalue weighted by molar-refractivity contribution is 5.71. The third-order valence-corrected chi connectivity index (χ3v) is 6.04. The lowest BCUT2D eigenvalue weighted by Crippen LogP contribution is -2.31. The number of carbonyl (C=O) groups is 1. The molecule has 1 fully saturated rings. The van der Waals surface area contributed by atoms with Gasteiger partial charge in [-0.3, -0.25) is 4.79 Å². The van der Waals surface area contributed by atoms with E-state index in [-0.39, 0.29) is 17.8 Å². The van der Waals surface area contributed by atoms with Gasteiger partial charge in [0.15, 0.2) is 0 Å². The fraction of sp³-hybridized carbons (Fsp3) is 0.296. The van der Waals surface area contributed by atoms with Gasteiger partial charge in [0.25, 0.3) is 0 Å². The average Bonchev–Trinajstić information content (AvgIpc) is 3.26. The van der Waals surface area contributed by atoms with Crippen molar-refractivity contribution >= 4 is 11.7 Å². The van der Waals surface area contributed by atoms with Gasteiger partial charge < -0.3 is 14.4 Å². The summed E-state index contributed by atoms with van der Waals surface area (Å²) in [6.45, 7) is 3.36. The van der Waals surface area contributed by atoms with Crippen LogP contribution in [-0.4, -0.2) is 25.7 Å². The van der Waals surface area contributed by atoms with Crippen molar-refractivity contribution in [1.29, 1.82) is 0 Å². The standard InChI is InChI=1S/C27H28FNO3/c1-19-16-20(9-14-24(19)25-7-3-4-8-26(25)28)18-32-23-12-10-21(11-13-23)29-15-5-6-22(29)17-27(30)31-2/h3-4,7-14,16,22H,5-6,15,17-18H2,1-2H3/t22-/m0/s1. The predicted octanol–water partition coefficient (Wildman–Crippen LogP) is 5.91. The van der Waals surface area contributed by atoms with Crippen LogP contribution >= 0.6 is 0 Å². The monoisotopic (exact) mass is 433 g/mol. The van der Waals surface area contributed by atoms with E-state index in [1.54, 1.807) is 12.1 Å². The summed E-state index contributed by atoms with van der Waals surface area (Å²) in [4.78, 5) is 13.9. The fourth-order valence-corrected chi connectivity index (χ4v) is 4.36. The molecule has 3 aromatic carbocycles. The number of esters is 1. The Kier molecular flexibility index (Phi) is 6.74. The van der Waals surface area contributed by atoms with Crippen molar-refractivity contribution in [2.24, 2.45) is 0 Å². The molecule has 1 aliphatic rings. The molecule has 0 spiro atoms. The van der Waals surface area contributed by atoms with Crippen molar-refractivity contribution in [3.05, 3.63) is 83.7 Å². The SMILES string of the molecule is COC(=O)C[C@@H]1CCCN1c1ccc(OCc2ccc(-c3ccccc3F)c(C)c2)cc1. The first kappa shape index (κ1) is 21.9. The van der Waals surface area contributed by atoms with E-state index in [0.717, 1.165) is 47.5 Å². The van der Waals surface area contributed by atoms with Gasteiger partial charge in [0, 0.05) is 23.8 Å². The molecule has 0 aliphatic carbocycles. The molecule has 3 aromatic rings. The Balaban J connectivity index is 1.39. The lowest BCUT2D eigenvalue weighted by Gasteiger charge is -2.26. The van der Waals surface area contributed by atoms with Crippen LogP contribution in [0.2, 0.25) is 0 Å². The zero-order chi connectivity index (χ0) is 22.5. The molecule has 0 saturated carbocycles. The molecule has 0 radical (unpaired) electrons. The number of halogens is 1. The van der Waals surface area contributed by atoms with Gasteiger partial charge in [-0.15, -0.1) is 0 Å². The number of anilines is 1. The first-order valence-corrected chi connectivity index (χ1v) is 11.0. The van der Waals surface area contributed by atoms with E-state index in [4.69, 9.17) is 9.47 Å². The number of ether oxygens (including phenoxy) is 2. The van der Waals surface area contributed by atoms with Crippen LogP contribution in [0.15, 0.2) is 66.7 Å². The Labute approximate surface area is 188 Å². The van der Waals surface area contributed by atoms with Crippen LogP contribution in [0.3, 0.4) is 0 Å². The Morgan fingerprint density at radius 3 is 2.56 bits per heavy atom. The fourth-order valence-electron chi connectivity index (χ4n) is 4.36. The van der Waals surface area contributed by atoms with E-state index < -0.39 is 0 Å². The van der Waals surface area contributed by atoms with Gasteiger partial charge in [-0.05, 0) is 66.8 Å². The maximum absolute atomic E-state index is 14.1. The van der Waals surface area contributed by atoms with Gasteiger partial charge in [-0.1, -0.05) is 36.4 Å². The smallest absolute Gasteiger partial charge is 0.307 e. The molecule has 4 rings (SSSR count). The lowest BCUT2D eigenvalue weighted by molar-refractivity contribution is -0.140. The maximum atomic E-state index is 14.1. The predicted molar refractivity (Wildman–Crippen MR) is 124 cm³/mol. The summed E-state index contributed by atoms with van der Waals surface area (Å²) in [6.07, 6.45) is 2.48. The largest absolute Gasteiger partial charge is 0.489 e. The molecule has 1 saturated heterocycles. The first-order chi connectivity index (χ1) is 15.5. The van der Waals surface area contributed by atoms with Crippen LogP contribution in [0.25, 0.3) is 11.1 Å². The number of methoxy groups -OCH3 is 1. The second-order valence-corrected chi connectivity index (χ2v) is 8.18. The number of aryl methyl sites for hydroxylation is 1. The van der Waals surface area contributed by atoms with E-state index in [2.05, 4.69) is 4.90 Å². The number of hydrogen-bond donors (Lipinski definition) is 0. The Morgan fingerprint density at radius 1 is 1.06 bits per heavy atom. The molecule has 1 aliphatic heterocycles. The Hall–Kier alpha value is -3.34. The lowest BCUT2D eigenvalue weighted by atomic mass is 9.98. The molecule has 4 nitrogen and oxygen atoms in total. The second-order valence-electron chi connectivity index (χ2n) is 8.18. The van der Waals surface area contributed by atoms with Gasteiger partial charge in [-0.2, -0.15) is 0 Å². The van der Waals surface area contributed by atoms with Gasteiger partial charge in [0.05, 0.1) is 13.5 Å². The summed E-state index contributed by atoms with van der Waals surface area (Å²) < 4.78 is 24.9. The third kappa shape index (κ3) is 4.93. The van der Waals surface area contributed by atoms with Crippen molar-refractivity contribution in [2.75, 3.05) is 18.6 Å². The maximum Gasteiger partial charge on any atom is 0.307 e. The van der Waals surface area contributed by atoms with Crippen LogP contribution in [0.5, 0.6) is 5.75 Å². The molecule has 0 aromatic heterocycles. The summed E-state index contributed by atoms with van der Waals surface area (Å²) in [5, 5.41) is 0. The zero-order valence-corrected chi connectivity index (χ0v) is 18.5. The van der Waals surface area contributed by atoms with Crippen LogP contribution in [0.1, 0.15) is 30.4 Å². The van der Waals surface area contributed by atoms with Crippen molar-refractivity contribution < 1.29 is 18.7 Å². The number of benzene rings is 3. The highest BCUT2D eigenvalue weighted by Gasteiger charge is 2.27. The number of rotatable bonds is 7. The number of nitrogens with zero attached hydrogens (tertiary/aromatic N) is 1. The molecule has 0 amide bonds. The molecule has 0 unspecified atom stereocenters. The van der Waals surface area contributed by atoms with Crippen molar-refractivity contribution in [3.63, 3.8) is 0 Å². The molecular weight excluding hydrogens is 405 g/mol. The third-order valence-electron chi connectivity index (χ3n) is 6.04. The molecule has 1 heterocycles. The van der Waals surface area contributed by atoms with E-state index >= 15 is 0 Å². The second kappa shape index (κ2) is 9.86. The van der Waals surface area contributed by atoms with Crippen LogP contribution in [-0.2, 0) is 16.1 Å². The van der Waals surface area contributed by atoms with E-state index in [1.165, 1.54) is 13.2 Å². The highest BCUT2D eigenvalue weighted by Crippen LogP contribution is 2.30. The summed E-state index contributed by atoms with van der Waals surface area (Å²) >= 11 is 0. The van der Waals surface area contributed by atoms with E-state index in [1.807, 2.05) is 55.5 Å². The minimum atomic E-state index is -0.216. The summed E-state index contributed by atoms with van der Waals surface area (Å²) in [6, 6.07) is 21.0.